The number of unbranched alkanes of at least 4 members (excludes halogenated alkanes) is 3. The molecule has 0 aliphatic rings. The molecule has 0 saturated heterocycles. The van der Waals surface area contributed by atoms with Crippen molar-refractivity contribution in [3.05, 3.63) is 0 Å². The van der Waals surface area contributed by atoms with Crippen LogP contribution in [0.4, 0.5) is 0 Å². The Kier molecular flexibility index (Phi) is 8.30. The third kappa shape index (κ3) is 8.85. The van der Waals surface area contributed by atoms with Gasteiger partial charge >= 0.3 is 6.47 Å². The van der Waals surface area contributed by atoms with Crippen LogP contribution in [0.3, 0.4) is 0 Å². The van der Waals surface area contributed by atoms with Gasteiger partial charge in [0.2, 0.25) is 0 Å². The lowest BCUT2D eigenvalue weighted by atomic mass is 10.2. The van der Waals surface area contributed by atoms with Crippen molar-refractivity contribution in [1.29, 1.82) is 0 Å². The van der Waals surface area contributed by atoms with Crippen LogP contribution in [0.25, 0.3) is 0 Å². The van der Waals surface area contributed by atoms with Crippen LogP contribution >= 0.6 is 0 Å². The number of nitrogens with one attached hydrogen (secondary N) is 1. The van der Waals surface area contributed by atoms with Gasteiger partial charge in [-0.05, 0) is 6.42 Å². The molecule has 0 saturated carbocycles. The minimum atomic E-state index is -0.264. The van der Waals surface area contributed by atoms with Crippen molar-refractivity contribution in [3.8, 4) is 0 Å². The molecular formula is C9H16NO3. The highest BCUT2D eigenvalue weighted by atomic mass is 16.5. The summed E-state index contributed by atoms with van der Waals surface area (Å²) >= 11 is 0. The average Bonchev–Trinajstić information content (AvgIpc) is 2.14. The first-order valence-corrected chi connectivity index (χ1v) is 4.57. The van der Waals surface area contributed by atoms with E-state index in [4.69, 9.17) is 0 Å². The Morgan fingerprint density at radius 2 is 2.15 bits per heavy atom. The number of carbonyl (C=O) groups is 1. The first kappa shape index (κ1) is 11.9. The molecular weight excluding hydrogens is 170 g/mol. The van der Waals surface area contributed by atoms with Crippen molar-refractivity contribution < 1.29 is 14.3 Å². The molecule has 0 spiro atoms. The molecule has 0 aromatic rings. The smallest absolute Gasteiger partial charge is 0.418 e. The summed E-state index contributed by atoms with van der Waals surface area (Å²) < 4.78 is 4.16. The van der Waals surface area contributed by atoms with E-state index in [9.17, 15) is 9.59 Å². The summed E-state index contributed by atoms with van der Waals surface area (Å²) in [6.45, 7) is 3.76. The molecule has 13 heavy (non-hydrogen) atoms. The van der Waals surface area contributed by atoms with Crippen molar-refractivity contribution in [3.63, 3.8) is 0 Å². The number of amides is 1. The zero-order chi connectivity index (χ0) is 9.94. The summed E-state index contributed by atoms with van der Waals surface area (Å²) in [4.78, 5) is 20.4. The first-order valence-electron chi connectivity index (χ1n) is 4.57. The first-order chi connectivity index (χ1) is 6.31. The Hall–Kier alpha value is -1.06. The number of ether oxygens (including phenoxy) is 1. The second-order valence-corrected chi connectivity index (χ2v) is 2.78. The van der Waals surface area contributed by atoms with Gasteiger partial charge in [-0.2, -0.15) is 0 Å². The predicted octanol–water partition coefficient (Wildman–Crippen LogP) is 0.767. The summed E-state index contributed by atoms with van der Waals surface area (Å²) in [6.07, 6.45) is 4.47. The maximum Gasteiger partial charge on any atom is 0.418 e. The molecule has 0 aliphatic carbocycles. The molecule has 0 bridgehead atoms. The summed E-state index contributed by atoms with van der Waals surface area (Å²) in [6, 6.07) is 0. The van der Waals surface area contributed by atoms with Crippen LogP contribution in [0, 0.1) is 0 Å². The minimum Gasteiger partial charge on any atom is -0.447 e. The fourth-order valence-electron chi connectivity index (χ4n) is 0.926. The molecule has 0 heterocycles. The Balaban J connectivity index is 3.12. The van der Waals surface area contributed by atoms with Gasteiger partial charge in [0.05, 0.1) is 0 Å². The van der Waals surface area contributed by atoms with Gasteiger partial charge in [0.15, 0.2) is 6.61 Å². The predicted molar refractivity (Wildman–Crippen MR) is 48.8 cm³/mol. The topological polar surface area (TPSA) is 55.4 Å². The number of rotatable bonds is 8. The molecule has 0 aromatic carbocycles. The summed E-state index contributed by atoms with van der Waals surface area (Å²) in [5, 5.41) is 2.63. The fraction of sp³-hybridized carbons (Fsp3) is 0.778. The van der Waals surface area contributed by atoms with Gasteiger partial charge in [0.1, 0.15) is 0 Å². The lowest BCUT2D eigenvalue weighted by Crippen LogP contribution is -2.28. The summed E-state index contributed by atoms with van der Waals surface area (Å²) in [5.74, 6) is -0.264. The number of hydrogen-bond donors (Lipinski definition) is 1. The van der Waals surface area contributed by atoms with Gasteiger partial charge in [-0.15, -0.1) is 0 Å². The number of hydrogen-bond acceptors (Lipinski definition) is 3. The van der Waals surface area contributed by atoms with E-state index >= 15 is 0 Å². The van der Waals surface area contributed by atoms with Crippen molar-refractivity contribution >= 4 is 12.4 Å². The average molecular weight is 186 g/mol. The van der Waals surface area contributed by atoms with Crippen LogP contribution in [0.1, 0.15) is 32.6 Å². The normalized spacial score (nSPS) is 9.31. The zero-order valence-corrected chi connectivity index (χ0v) is 7.97. The molecule has 0 fully saturated rings. The highest BCUT2D eigenvalue weighted by Crippen LogP contribution is 1.96. The van der Waals surface area contributed by atoms with Crippen LogP contribution in [-0.2, 0) is 14.3 Å². The van der Waals surface area contributed by atoms with Crippen LogP contribution in [0.2, 0.25) is 0 Å². The zero-order valence-electron chi connectivity index (χ0n) is 7.97. The van der Waals surface area contributed by atoms with Gasteiger partial charge in [0, 0.05) is 6.54 Å². The van der Waals surface area contributed by atoms with Crippen molar-refractivity contribution in [1.82, 2.24) is 5.32 Å². The second-order valence-electron chi connectivity index (χ2n) is 2.78. The summed E-state index contributed by atoms with van der Waals surface area (Å²) in [7, 11) is 0. The van der Waals surface area contributed by atoms with E-state index in [1.54, 1.807) is 0 Å². The maximum absolute atomic E-state index is 10.8. The van der Waals surface area contributed by atoms with Crippen LogP contribution < -0.4 is 5.32 Å². The molecule has 4 nitrogen and oxygen atoms in total. The Morgan fingerprint density at radius 1 is 1.38 bits per heavy atom. The molecule has 0 rings (SSSR count). The molecule has 0 aliphatic heterocycles. The van der Waals surface area contributed by atoms with Gasteiger partial charge in [-0.1, -0.05) is 26.2 Å². The Morgan fingerprint density at radius 3 is 2.77 bits per heavy atom. The monoisotopic (exact) mass is 186 g/mol. The minimum absolute atomic E-state index is 0.225. The van der Waals surface area contributed by atoms with E-state index in [0.29, 0.717) is 6.54 Å². The largest absolute Gasteiger partial charge is 0.447 e. The molecule has 0 unspecified atom stereocenters. The van der Waals surface area contributed by atoms with Gasteiger partial charge in [-0.25, -0.2) is 4.79 Å². The lowest BCUT2D eigenvalue weighted by molar-refractivity contribution is -0.123. The third-order valence-electron chi connectivity index (χ3n) is 1.61. The molecule has 1 amide bonds. The van der Waals surface area contributed by atoms with Crippen molar-refractivity contribution in [2.75, 3.05) is 13.2 Å². The molecule has 0 atom stereocenters. The highest BCUT2D eigenvalue weighted by molar-refractivity contribution is 5.77. The standard InChI is InChI=1S/C9H16NO3/c1-2-3-4-5-6-10-9(12)7-13-8-11/h2-7H2,1H3,(H,10,12). The summed E-state index contributed by atoms with van der Waals surface area (Å²) in [5.41, 5.74) is 0. The lowest BCUT2D eigenvalue weighted by Gasteiger charge is -2.02. The SMILES string of the molecule is CCCCCCNC(=O)CO[C]=O. The van der Waals surface area contributed by atoms with E-state index in [2.05, 4.69) is 17.0 Å². The van der Waals surface area contributed by atoms with Crippen LogP contribution in [0.5, 0.6) is 0 Å². The van der Waals surface area contributed by atoms with Crippen LogP contribution in [-0.4, -0.2) is 25.5 Å². The third-order valence-corrected chi connectivity index (χ3v) is 1.61. The molecule has 1 N–H and O–H groups in total. The highest BCUT2D eigenvalue weighted by Gasteiger charge is 1.99. The fourth-order valence-corrected chi connectivity index (χ4v) is 0.926. The number of carbonyl (C=O) groups excluding carboxylic acids is 2. The Labute approximate surface area is 78.6 Å². The van der Waals surface area contributed by atoms with Gasteiger partial charge in [0.25, 0.3) is 5.91 Å². The van der Waals surface area contributed by atoms with E-state index < -0.39 is 0 Å². The molecule has 4 heteroatoms. The van der Waals surface area contributed by atoms with Crippen LogP contribution in [0.15, 0.2) is 0 Å². The quantitative estimate of drug-likeness (QED) is 0.569. The van der Waals surface area contributed by atoms with E-state index in [0.717, 1.165) is 12.8 Å². The maximum atomic E-state index is 10.8. The molecule has 75 valence electrons. The van der Waals surface area contributed by atoms with Crippen molar-refractivity contribution in [2.45, 2.75) is 32.6 Å². The molecule has 0 aromatic heterocycles. The van der Waals surface area contributed by atoms with E-state index in [1.807, 2.05) is 0 Å². The van der Waals surface area contributed by atoms with E-state index in [-0.39, 0.29) is 12.5 Å². The van der Waals surface area contributed by atoms with Gasteiger partial charge in [-0.3, -0.25) is 4.79 Å². The Bertz CT molecular complexity index is 148. The second kappa shape index (κ2) is 9.03. The van der Waals surface area contributed by atoms with Crippen molar-refractivity contribution in [2.24, 2.45) is 0 Å². The van der Waals surface area contributed by atoms with E-state index in [1.165, 1.54) is 19.3 Å². The molecule has 1 radical (unpaired) electrons. The van der Waals surface area contributed by atoms with Gasteiger partial charge < -0.3 is 10.1 Å².